The summed E-state index contributed by atoms with van der Waals surface area (Å²) in [4.78, 5) is 2.93. The molecule has 18 heavy (non-hydrogen) atoms. The Morgan fingerprint density at radius 2 is 2.00 bits per heavy atom. The summed E-state index contributed by atoms with van der Waals surface area (Å²) in [5.74, 6) is 0. The van der Waals surface area contributed by atoms with Crippen LogP contribution in [0.4, 0.5) is 0 Å². The van der Waals surface area contributed by atoms with Crippen molar-refractivity contribution in [1.29, 1.82) is 0 Å². The molecule has 104 valence electrons. The summed E-state index contributed by atoms with van der Waals surface area (Å²) in [7, 11) is 3.72. The summed E-state index contributed by atoms with van der Waals surface area (Å²) >= 11 is 1.92. The van der Waals surface area contributed by atoms with Gasteiger partial charge in [0.2, 0.25) is 0 Å². The highest BCUT2D eigenvalue weighted by atomic mass is 32.1. The number of nitrogens with one attached hydrogen (secondary N) is 1. The molecular formula is C14H25NO2S. The maximum Gasteiger partial charge on any atom is 0.0700 e. The number of methoxy groups -OCH3 is 1. The number of aryl methyl sites for hydroxylation is 1. The second kappa shape index (κ2) is 9.50. The quantitative estimate of drug-likeness (QED) is 0.663. The van der Waals surface area contributed by atoms with E-state index in [1.165, 1.54) is 9.75 Å². The number of hydrogen-bond acceptors (Lipinski definition) is 4. The summed E-state index contributed by atoms with van der Waals surface area (Å²) in [5.41, 5.74) is 0. The molecule has 1 N–H and O–H groups in total. The Kier molecular flexibility index (Phi) is 8.25. The van der Waals surface area contributed by atoms with Crippen molar-refractivity contribution in [3.8, 4) is 0 Å². The highest BCUT2D eigenvalue weighted by Crippen LogP contribution is 2.19. The van der Waals surface area contributed by atoms with Gasteiger partial charge >= 0.3 is 0 Å². The first kappa shape index (κ1) is 15.6. The molecule has 3 nitrogen and oxygen atoms in total. The molecule has 0 saturated heterocycles. The molecule has 1 heterocycles. The Balaban J connectivity index is 2.24. The first-order valence-corrected chi connectivity index (χ1v) is 7.43. The molecule has 1 rings (SSSR count). The predicted molar refractivity (Wildman–Crippen MR) is 77.6 cm³/mol. The lowest BCUT2D eigenvalue weighted by Crippen LogP contribution is -2.28. The van der Waals surface area contributed by atoms with Crippen molar-refractivity contribution >= 4 is 11.3 Å². The Labute approximate surface area is 114 Å². The molecule has 0 spiro atoms. The van der Waals surface area contributed by atoms with Crippen molar-refractivity contribution in [2.24, 2.45) is 0 Å². The molecule has 0 bridgehead atoms. The average Bonchev–Trinajstić information content (AvgIpc) is 2.84. The van der Waals surface area contributed by atoms with Gasteiger partial charge < -0.3 is 14.8 Å². The first-order valence-electron chi connectivity index (χ1n) is 6.61. The molecule has 0 aliphatic rings. The van der Waals surface area contributed by atoms with Gasteiger partial charge in [-0.15, -0.1) is 11.3 Å². The maximum atomic E-state index is 5.51. The van der Waals surface area contributed by atoms with Gasteiger partial charge in [0.25, 0.3) is 0 Å². The van der Waals surface area contributed by atoms with Crippen LogP contribution in [0.5, 0.6) is 0 Å². The second-order valence-corrected chi connectivity index (χ2v) is 5.56. The zero-order valence-electron chi connectivity index (χ0n) is 11.7. The molecule has 0 amide bonds. The highest BCUT2D eigenvalue weighted by Gasteiger charge is 2.09. The summed E-state index contributed by atoms with van der Waals surface area (Å²) < 4.78 is 10.5. The zero-order valence-corrected chi connectivity index (χ0v) is 12.5. The lowest BCUT2D eigenvalue weighted by molar-refractivity contribution is 0.0661. The SMILES string of the molecule is CCc1ccc(CC(CCOCCOC)NC)s1. The molecule has 0 aliphatic heterocycles. The van der Waals surface area contributed by atoms with E-state index >= 15 is 0 Å². The van der Waals surface area contributed by atoms with E-state index in [9.17, 15) is 0 Å². The highest BCUT2D eigenvalue weighted by molar-refractivity contribution is 7.11. The van der Waals surface area contributed by atoms with E-state index in [4.69, 9.17) is 9.47 Å². The Morgan fingerprint density at radius 1 is 1.22 bits per heavy atom. The molecule has 0 aliphatic carbocycles. The monoisotopic (exact) mass is 271 g/mol. The topological polar surface area (TPSA) is 30.5 Å². The van der Waals surface area contributed by atoms with E-state index in [2.05, 4.69) is 24.4 Å². The van der Waals surface area contributed by atoms with Gasteiger partial charge in [0.1, 0.15) is 0 Å². The standard InChI is InChI=1S/C14H25NO2S/c1-4-13-5-6-14(18-13)11-12(15-2)7-8-17-10-9-16-3/h5-6,12,15H,4,7-11H2,1-3H3. The molecule has 0 fully saturated rings. The number of hydrogen-bond donors (Lipinski definition) is 1. The molecule has 1 atom stereocenters. The fourth-order valence-corrected chi connectivity index (χ4v) is 2.82. The van der Waals surface area contributed by atoms with Crippen molar-refractivity contribution in [1.82, 2.24) is 5.32 Å². The van der Waals surface area contributed by atoms with Crippen molar-refractivity contribution in [2.45, 2.75) is 32.2 Å². The summed E-state index contributed by atoms with van der Waals surface area (Å²) in [6, 6.07) is 4.98. The average molecular weight is 271 g/mol. The number of ether oxygens (including phenoxy) is 2. The van der Waals surface area contributed by atoms with E-state index in [-0.39, 0.29) is 0 Å². The lowest BCUT2D eigenvalue weighted by Gasteiger charge is -2.15. The molecule has 0 radical (unpaired) electrons. The number of likely N-dealkylation sites (N-methyl/N-ethyl adjacent to an activating group) is 1. The third kappa shape index (κ3) is 5.96. The van der Waals surface area contributed by atoms with Crippen LogP contribution in [0.1, 0.15) is 23.1 Å². The Morgan fingerprint density at radius 3 is 2.61 bits per heavy atom. The van der Waals surface area contributed by atoms with Crippen LogP contribution >= 0.6 is 11.3 Å². The fourth-order valence-electron chi connectivity index (χ4n) is 1.78. The van der Waals surface area contributed by atoms with E-state index in [0.29, 0.717) is 19.3 Å². The van der Waals surface area contributed by atoms with Crippen LogP contribution in [0.3, 0.4) is 0 Å². The van der Waals surface area contributed by atoms with Crippen molar-refractivity contribution in [2.75, 3.05) is 34.0 Å². The maximum absolute atomic E-state index is 5.51. The second-order valence-electron chi connectivity index (χ2n) is 4.31. The van der Waals surface area contributed by atoms with E-state index < -0.39 is 0 Å². The Hall–Kier alpha value is -0.420. The molecule has 1 aromatic heterocycles. The third-order valence-corrected chi connectivity index (χ3v) is 4.22. The van der Waals surface area contributed by atoms with Gasteiger partial charge in [-0.2, -0.15) is 0 Å². The van der Waals surface area contributed by atoms with Gasteiger partial charge in [-0.1, -0.05) is 6.92 Å². The normalized spacial score (nSPS) is 12.8. The fraction of sp³-hybridized carbons (Fsp3) is 0.714. The van der Waals surface area contributed by atoms with Crippen LogP contribution in [-0.2, 0) is 22.3 Å². The van der Waals surface area contributed by atoms with E-state index in [1.54, 1.807) is 7.11 Å². The molecular weight excluding hydrogens is 246 g/mol. The zero-order chi connectivity index (χ0) is 13.2. The van der Waals surface area contributed by atoms with Gasteiger partial charge in [-0.25, -0.2) is 0 Å². The van der Waals surface area contributed by atoms with Crippen molar-refractivity contribution in [3.05, 3.63) is 21.9 Å². The van der Waals surface area contributed by atoms with Crippen LogP contribution < -0.4 is 5.32 Å². The molecule has 1 aromatic rings. The van der Waals surface area contributed by atoms with Gasteiger partial charge in [-0.3, -0.25) is 0 Å². The van der Waals surface area contributed by atoms with Gasteiger partial charge in [0, 0.05) is 29.5 Å². The van der Waals surface area contributed by atoms with Crippen LogP contribution in [-0.4, -0.2) is 40.0 Å². The lowest BCUT2D eigenvalue weighted by atomic mass is 10.1. The minimum atomic E-state index is 0.496. The minimum Gasteiger partial charge on any atom is -0.382 e. The van der Waals surface area contributed by atoms with Crippen LogP contribution in [0.25, 0.3) is 0 Å². The predicted octanol–water partition coefficient (Wildman–Crippen LogP) is 2.49. The molecule has 4 heteroatoms. The smallest absolute Gasteiger partial charge is 0.0700 e. The minimum absolute atomic E-state index is 0.496. The number of thiophene rings is 1. The van der Waals surface area contributed by atoms with Crippen LogP contribution in [0, 0.1) is 0 Å². The van der Waals surface area contributed by atoms with Crippen LogP contribution in [0.15, 0.2) is 12.1 Å². The van der Waals surface area contributed by atoms with Crippen molar-refractivity contribution in [3.63, 3.8) is 0 Å². The summed E-state index contributed by atoms with van der Waals surface area (Å²) in [5, 5.41) is 3.36. The van der Waals surface area contributed by atoms with Gasteiger partial charge in [-0.05, 0) is 38.4 Å². The summed E-state index contributed by atoms with van der Waals surface area (Å²) in [6.45, 7) is 4.36. The van der Waals surface area contributed by atoms with Gasteiger partial charge in [0.15, 0.2) is 0 Å². The van der Waals surface area contributed by atoms with Gasteiger partial charge in [0.05, 0.1) is 13.2 Å². The molecule has 1 unspecified atom stereocenters. The first-order chi connectivity index (χ1) is 8.80. The number of rotatable bonds is 10. The molecule has 0 saturated carbocycles. The molecule has 0 aromatic carbocycles. The Bertz CT molecular complexity index is 314. The van der Waals surface area contributed by atoms with Crippen LogP contribution in [0.2, 0.25) is 0 Å². The largest absolute Gasteiger partial charge is 0.382 e. The summed E-state index contributed by atoms with van der Waals surface area (Å²) in [6.07, 6.45) is 3.27. The van der Waals surface area contributed by atoms with E-state index in [1.807, 2.05) is 18.4 Å². The third-order valence-electron chi connectivity index (χ3n) is 2.96. The van der Waals surface area contributed by atoms with E-state index in [0.717, 1.165) is 25.9 Å². The van der Waals surface area contributed by atoms with Crippen molar-refractivity contribution < 1.29 is 9.47 Å².